The van der Waals surface area contributed by atoms with Crippen LogP contribution in [0.1, 0.15) is 28.8 Å². The number of carbonyl (C=O) groups is 2. The third-order valence-electron chi connectivity index (χ3n) is 5.17. The van der Waals surface area contributed by atoms with E-state index in [0.29, 0.717) is 41.4 Å². The number of hydrogen-bond acceptors (Lipinski definition) is 5. The monoisotopic (exact) mass is 495 g/mol. The molecule has 2 saturated heterocycles. The number of pyridine rings is 1. The van der Waals surface area contributed by atoms with Crippen LogP contribution in [0.4, 0.5) is 4.79 Å². The van der Waals surface area contributed by atoms with Gasteiger partial charge in [0.15, 0.2) is 5.75 Å². The average Bonchev–Trinajstić information content (AvgIpc) is 3.09. The molecule has 2 aliphatic heterocycles. The standard InChI is InChI=1S/C20H19BrClN3O5/c21-17-16(30-14-5-6-25-13(7-14)10-29-20(25)28)8-15(19(27)24-17)18(26)23-9-11-1-3-12(22)4-2-11/h1-4,8,13-14H,5-7,9-10H2,(H,23,26)(H,24,27)/t13-,14-/m0/s1. The lowest BCUT2D eigenvalue weighted by Crippen LogP contribution is -2.44. The fourth-order valence-corrected chi connectivity index (χ4v) is 4.09. The molecule has 4 rings (SSSR count). The number of ether oxygens (including phenoxy) is 2. The molecule has 2 fully saturated rings. The van der Waals surface area contributed by atoms with Gasteiger partial charge in [0.05, 0.1) is 6.04 Å². The molecule has 1 aromatic carbocycles. The van der Waals surface area contributed by atoms with Gasteiger partial charge < -0.3 is 24.7 Å². The second kappa shape index (κ2) is 8.69. The Hall–Kier alpha value is -2.52. The molecule has 10 heteroatoms. The van der Waals surface area contributed by atoms with Crippen molar-refractivity contribution in [3.05, 3.63) is 61.4 Å². The van der Waals surface area contributed by atoms with E-state index in [1.54, 1.807) is 29.2 Å². The van der Waals surface area contributed by atoms with Crippen LogP contribution in [0.2, 0.25) is 5.02 Å². The van der Waals surface area contributed by atoms with Gasteiger partial charge in [0, 0.05) is 37.0 Å². The molecule has 0 unspecified atom stereocenters. The van der Waals surface area contributed by atoms with Crippen LogP contribution in [-0.4, -0.2) is 47.2 Å². The highest BCUT2D eigenvalue weighted by Gasteiger charge is 2.39. The number of nitrogens with one attached hydrogen (secondary N) is 2. The summed E-state index contributed by atoms with van der Waals surface area (Å²) < 4.78 is 11.5. The van der Waals surface area contributed by atoms with Crippen molar-refractivity contribution in [3.63, 3.8) is 0 Å². The second-order valence-corrected chi connectivity index (χ2v) is 8.42. The highest BCUT2D eigenvalue weighted by atomic mass is 79.9. The summed E-state index contributed by atoms with van der Waals surface area (Å²) in [6.45, 7) is 1.16. The van der Waals surface area contributed by atoms with Gasteiger partial charge in [0.2, 0.25) is 0 Å². The lowest BCUT2D eigenvalue weighted by atomic mass is 10.0. The van der Waals surface area contributed by atoms with Crippen molar-refractivity contribution >= 4 is 39.5 Å². The van der Waals surface area contributed by atoms with Crippen molar-refractivity contribution in [2.75, 3.05) is 13.2 Å². The van der Waals surface area contributed by atoms with Crippen LogP contribution in [0.5, 0.6) is 5.75 Å². The van der Waals surface area contributed by atoms with Crippen LogP contribution in [0.15, 0.2) is 39.7 Å². The Kier molecular flexibility index (Phi) is 6.01. The zero-order valence-electron chi connectivity index (χ0n) is 15.8. The minimum atomic E-state index is -0.521. The molecule has 0 radical (unpaired) electrons. The Morgan fingerprint density at radius 2 is 2.10 bits per heavy atom. The summed E-state index contributed by atoms with van der Waals surface area (Å²) in [5.41, 5.74) is 0.296. The first-order valence-corrected chi connectivity index (χ1v) is 10.6. The van der Waals surface area contributed by atoms with Gasteiger partial charge >= 0.3 is 6.09 Å². The van der Waals surface area contributed by atoms with E-state index in [9.17, 15) is 14.4 Å². The van der Waals surface area contributed by atoms with Crippen LogP contribution in [0.3, 0.4) is 0 Å². The molecule has 8 nitrogen and oxygen atoms in total. The normalized spacial score (nSPS) is 20.5. The maximum Gasteiger partial charge on any atom is 0.410 e. The van der Waals surface area contributed by atoms with E-state index in [4.69, 9.17) is 21.1 Å². The molecule has 0 aliphatic carbocycles. The number of piperidine rings is 1. The molecule has 2 aromatic rings. The Morgan fingerprint density at radius 3 is 2.87 bits per heavy atom. The second-order valence-electron chi connectivity index (χ2n) is 7.19. The molecule has 30 heavy (non-hydrogen) atoms. The number of H-pyrrole nitrogens is 1. The van der Waals surface area contributed by atoms with Gasteiger partial charge in [-0.05, 0) is 33.6 Å². The van der Waals surface area contributed by atoms with Gasteiger partial charge in [-0.2, -0.15) is 0 Å². The molecule has 0 spiro atoms. The van der Waals surface area contributed by atoms with Gasteiger partial charge in [-0.25, -0.2) is 4.79 Å². The number of aromatic amines is 1. The van der Waals surface area contributed by atoms with Crippen molar-refractivity contribution in [2.45, 2.75) is 31.5 Å². The Balaban J connectivity index is 1.44. The van der Waals surface area contributed by atoms with Gasteiger partial charge in [-0.1, -0.05) is 23.7 Å². The number of amides is 2. The number of benzene rings is 1. The molecular formula is C20H19BrClN3O5. The number of carbonyl (C=O) groups excluding carboxylic acids is 2. The third kappa shape index (κ3) is 4.46. The topological polar surface area (TPSA) is 101 Å². The fourth-order valence-electron chi connectivity index (χ4n) is 3.57. The summed E-state index contributed by atoms with van der Waals surface area (Å²) >= 11 is 9.15. The summed E-state index contributed by atoms with van der Waals surface area (Å²) in [6, 6.07) is 8.48. The summed E-state index contributed by atoms with van der Waals surface area (Å²) in [7, 11) is 0. The van der Waals surface area contributed by atoms with Crippen LogP contribution < -0.4 is 15.6 Å². The van der Waals surface area contributed by atoms with Crippen molar-refractivity contribution in [1.82, 2.24) is 15.2 Å². The van der Waals surface area contributed by atoms with Gasteiger partial charge in [0.1, 0.15) is 22.9 Å². The number of cyclic esters (lactones) is 1. The summed E-state index contributed by atoms with van der Waals surface area (Å²) in [6.07, 6.45) is 0.807. The number of hydrogen-bond donors (Lipinski definition) is 2. The lowest BCUT2D eigenvalue weighted by molar-refractivity contribution is 0.0907. The number of rotatable bonds is 5. The molecule has 2 atom stereocenters. The van der Waals surface area contributed by atoms with Crippen LogP contribution in [0, 0.1) is 0 Å². The van der Waals surface area contributed by atoms with Crippen molar-refractivity contribution in [1.29, 1.82) is 0 Å². The molecule has 0 bridgehead atoms. The van der Waals surface area contributed by atoms with E-state index in [0.717, 1.165) is 5.56 Å². The predicted molar refractivity (Wildman–Crippen MR) is 113 cm³/mol. The Morgan fingerprint density at radius 1 is 1.33 bits per heavy atom. The first-order chi connectivity index (χ1) is 14.4. The average molecular weight is 497 g/mol. The highest BCUT2D eigenvalue weighted by molar-refractivity contribution is 9.10. The van der Waals surface area contributed by atoms with Gasteiger partial charge in [-0.15, -0.1) is 0 Å². The summed E-state index contributed by atoms with van der Waals surface area (Å²) in [4.78, 5) is 40.8. The molecular weight excluding hydrogens is 478 g/mol. The molecule has 0 saturated carbocycles. The van der Waals surface area contributed by atoms with Crippen molar-refractivity contribution < 1.29 is 19.1 Å². The quantitative estimate of drug-likeness (QED) is 0.620. The van der Waals surface area contributed by atoms with Crippen molar-refractivity contribution in [2.24, 2.45) is 0 Å². The fraction of sp³-hybridized carbons (Fsp3) is 0.350. The number of aromatic nitrogens is 1. The predicted octanol–water partition coefficient (Wildman–Crippen LogP) is 3.08. The largest absolute Gasteiger partial charge is 0.487 e. The first kappa shape index (κ1) is 20.7. The number of fused-ring (bicyclic) bond motifs is 1. The number of nitrogens with zero attached hydrogens (tertiary/aromatic N) is 1. The SMILES string of the molecule is O=C(NCc1ccc(Cl)cc1)c1cc(O[C@H]2CCN3C(=O)OC[C@@H]3C2)c(Br)[nH]c1=O. The van der Waals surface area contributed by atoms with Gasteiger partial charge in [-0.3, -0.25) is 9.59 Å². The van der Waals surface area contributed by atoms with E-state index < -0.39 is 11.5 Å². The lowest BCUT2D eigenvalue weighted by Gasteiger charge is -2.32. The van der Waals surface area contributed by atoms with Crippen molar-refractivity contribution in [3.8, 4) is 5.75 Å². The van der Waals surface area contributed by atoms with E-state index in [2.05, 4.69) is 26.2 Å². The summed E-state index contributed by atoms with van der Waals surface area (Å²) in [5, 5.41) is 3.33. The minimum absolute atomic E-state index is 0.0140. The molecule has 2 N–H and O–H groups in total. The highest BCUT2D eigenvalue weighted by Crippen LogP contribution is 2.29. The third-order valence-corrected chi connectivity index (χ3v) is 6.01. The summed E-state index contributed by atoms with van der Waals surface area (Å²) in [5.74, 6) is -0.136. The molecule has 2 aliphatic rings. The number of halogens is 2. The maximum absolute atomic E-state index is 12.6. The van der Waals surface area contributed by atoms with E-state index in [-0.39, 0.29) is 30.3 Å². The van der Waals surface area contributed by atoms with E-state index >= 15 is 0 Å². The van der Waals surface area contributed by atoms with Crippen LogP contribution in [-0.2, 0) is 11.3 Å². The Bertz CT molecular complexity index is 1030. The zero-order valence-corrected chi connectivity index (χ0v) is 18.2. The van der Waals surface area contributed by atoms with Crippen LogP contribution >= 0.6 is 27.5 Å². The molecule has 3 heterocycles. The maximum atomic E-state index is 12.6. The van der Waals surface area contributed by atoms with E-state index in [1.165, 1.54) is 6.07 Å². The Labute approximate surface area is 185 Å². The van der Waals surface area contributed by atoms with E-state index in [1.807, 2.05) is 0 Å². The van der Waals surface area contributed by atoms with Crippen LogP contribution in [0.25, 0.3) is 0 Å². The minimum Gasteiger partial charge on any atom is -0.487 e. The molecule has 2 amide bonds. The smallest absolute Gasteiger partial charge is 0.410 e. The molecule has 1 aromatic heterocycles. The zero-order chi connectivity index (χ0) is 21.3. The van der Waals surface area contributed by atoms with Gasteiger partial charge in [0.25, 0.3) is 11.5 Å². The molecule has 158 valence electrons. The first-order valence-electron chi connectivity index (χ1n) is 9.46.